The van der Waals surface area contributed by atoms with Crippen molar-refractivity contribution < 1.29 is 19.1 Å². The van der Waals surface area contributed by atoms with Crippen LogP contribution >= 0.6 is 15.9 Å². The number of hydrogen-bond donors (Lipinski definition) is 1. The van der Waals surface area contributed by atoms with E-state index in [4.69, 9.17) is 9.47 Å². The molecule has 1 N–H and O–H groups in total. The topological polar surface area (TPSA) is 77.0 Å². The number of esters is 1. The molecule has 27 heavy (non-hydrogen) atoms. The van der Waals surface area contributed by atoms with Gasteiger partial charge in [0.05, 0.1) is 17.0 Å². The quantitative estimate of drug-likeness (QED) is 0.386. The van der Waals surface area contributed by atoms with E-state index in [2.05, 4.69) is 26.5 Å². The molecule has 1 amide bonds. The molecule has 0 saturated heterocycles. The van der Waals surface area contributed by atoms with Gasteiger partial charge in [0.15, 0.2) is 6.61 Å². The molecular weight excluding hydrogens is 412 g/mol. The highest BCUT2D eigenvalue weighted by Gasteiger charge is 2.21. The molecule has 0 saturated carbocycles. The molecule has 144 valence electrons. The van der Waals surface area contributed by atoms with Crippen LogP contribution in [-0.4, -0.2) is 30.8 Å². The minimum absolute atomic E-state index is 0.191. The highest BCUT2D eigenvalue weighted by atomic mass is 79.9. The van der Waals surface area contributed by atoms with E-state index < -0.39 is 11.8 Å². The van der Waals surface area contributed by atoms with E-state index in [0.717, 1.165) is 15.2 Å². The molecule has 2 rings (SSSR count). The Kier molecular flexibility index (Phi) is 7.79. The van der Waals surface area contributed by atoms with Gasteiger partial charge in [0.1, 0.15) is 5.75 Å². The molecular formula is C20H23BrN2O4. The van der Waals surface area contributed by atoms with Crippen LogP contribution in [0.25, 0.3) is 10.8 Å². The van der Waals surface area contributed by atoms with Crippen molar-refractivity contribution in [3.05, 3.63) is 40.9 Å². The summed E-state index contributed by atoms with van der Waals surface area (Å²) in [6.07, 6.45) is 0.546. The number of hydrogen-bond acceptors (Lipinski definition) is 5. The summed E-state index contributed by atoms with van der Waals surface area (Å²) in [7, 11) is 0. The maximum atomic E-state index is 12.0. The fourth-order valence-corrected chi connectivity index (χ4v) is 3.21. The van der Waals surface area contributed by atoms with E-state index >= 15 is 0 Å². The van der Waals surface area contributed by atoms with Gasteiger partial charge in [-0.3, -0.25) is 9.59 Å². The first-order chi connectivity index (χ1) is 13.0. The maximum Gasteiger partial charge on any atom is 0.314 e. The van der Waals surface area contributed by atoms with Crippen LogP contribution in [0.1, 0.15) is 27.2 Å². The van der Waals surface area contributed by atoms with Crippen LogP contribution in [0.4, 0.5) is 0 Å². The van der Waals surface area contributed by atoms with E-state index in [1.165, 1.54) is 0 Å². The van der Waals surface area contributed by atoms with Gasteiger partial charge in [-0.1, -0.05) is 37.3 Å². The lowest BCUT2D eigenvalue weighted by Gasteiger charge is -2.13. The first-order valence-electron chi connectivity index (χ1n) is 8.77. The maximum absolute atomic E-state index is 12.0. The molecule has 0 aliphatic heterocycles. The summed E-state index contributed by atoms with van der Waals surface area (Å²) in [4.78, 5) is 23.9. The number of carbonyl (C=O) groups is 2. The van der Waals surface area contributed by atoms with Gasteiger partial charge in [-0.2, -0.15) is 5.10 Å². The average Bonchev–Trinajstić information content (AvgIpc) is 2.67. The third-order valence-corrected chi connectivity index (χ3v) is 4.85. The van der Waals surface area contributed by atoms with Gasteiger partial charge in [0.25, 0.3) is 5.91 Å². The highest BCUT2D eigenvalue weighted by Crippen LogP contribution is 2.32. The van der Waals surface area contributed by atoms with Crippen molar-refractivity contribution in [3.63, 3.8) is 0 Å². The summed E-state index contributed by atoms with van der Waals surface area (Å²) in [6, 6.07) is 11.6. The molecule has 7 heteroatoms. The van der Waals surface area contributed by atoms with Crippen molar-refractivity contribution in [1.82, 2.24) is 5.43 Å². The van der Waals surface area contributed by atoms with Crippen molar-refractivity contribution in [2.75, 3.05) is 13.2 Å². The lowest BCUT2D eigenvalue weighted by Crippen LogP contribution is -2.29. The zero-order valence-corrected chi connectivity index (χ0v) is 17.2. The number of fused-ring (bicyclic) bond motifs is 1. The smallest absolute Gasteiger partial charge is 0.314 e. The van der Waals surface area contributed by atoms with Crippen LogP contribution in [0.15, 0.2) is 46.0 Å². The Morgan fingerprint density at radius 2 is 1.93 bits per heavy atom. The Bertz CT molecular complexity index is 851. The number of halogens is 1. The summed E-state index contributed by atoms with van der Waals surface area (Å²) in [6.45, 7) is 5.42. The molecule has 2 aromatic rings. The number of hydrazone groups is 1. The molecule has 6 nitrogen and oxygen atoms in total. The standard InChI is InChI=1S/C20H23BrN2O4/c1-4-15(20(25)26-5-2)13(3)22-23-18(24)12-27-17-11-10-14-8-6-7-9-16(14)19(17)21/h6-11,15H,4-5,12H2,1-3H3,(H,23,24)/b22-13+/t15-/m0/s1. The molecule has 0 aromatic heterocycles. The van der Waals surface area contributed by atoms with Crippen molar-refractivity contribution in [2.24, 2.45) is 11.0 Å². The first kappa shape index (κ1) is 20.9. The second kappa shape index (κ2) is 10.1. The largest absolute Gasteiger partial charge is 0.483 e. The molecule has 0 unspecified atom stereocenters. The van der Waals surface area contributed by atoms with E-state index in [0.29, 0.717) is 24.5 Å². The van der Waals surface area contributed by atoms with Gasteiger partial charge in [-0.25, -0.2) is 5.43 Å². The van der Waals surface area contributed by atoms with E-state index in [1.54, 1.807) is 13.8 Å². The summed E-state index contributed by atoms with van der Waals surface area (Å²) >= 11 is 3.52. The SMILES string of the molecule is CCOC(=O)[C@@H](CC)/C(C)=N/NC(=O)COc1ccc2ccccc2c1Br. The Morgan fingerprint density at radius 3 is 2.63 bits per heavy atom. The molecule has 0 aliphatic carbocycles. The van der Waals surface area contributed by atoms with Gasteiger partial charge in [0.2, 0.25) is 0 Å². The lowest BCUT2D eigenvalue weighted by atomic mass is 10.0. The molecule has 0 heterocycles. The molecule has 1 atom stereocenters. The number of benzene rings is 2. The van der Waals surface area contributed by atoms with Crippen molar-refractivity contribution in [1.29, 1.82) is 0 Å². The number of carbonyl (C=O) groups excluding carboxylic acids is 2. The fraction of sp³-hybridized carbons (Fsp3) is 0.350. The van der Waals surface area contributed by atoms with E-state index in [9.17, 15) is 9.59 Å². The predicted octanol–water partition coefficient (Wildman–Crippen LogP) is 4.06. The summed E-state index contributed by atoms with van der Waals surface area (Å²) in [5.41, 5.74) is 2.92. The Balaban J connectivity index is 1.96. The van der Waals surface area contributed by atoms with Crippen LogP contribution in [0, 0.1) is 5.92 Å². The zero-order chi connectivity index (χ0) is 19.8. The van der Waals surface area contributed by atoms with Crippen molar-refractivity contribution >= 4 is 44.3 Å². The number of ether oxygens (including phenoxy) is 2. The zero-order valence-electron chi connectivity index (χ0n) is 15.6. The van der Waals surface area contributed by atoms with Crippen LogP contribution < -0.4 is 10.2 Å². The molecule has 0 fully saturated rings. The van der Waals surface area contributed by atoms with Crippen LogP contribution in [0.3, 0.4) is 0 Å². The Labute approximate surface area is 167 Å². The average molecular weight is 435 g/mol. The van der Waals surface area contributed by atoms with Gasteiger partial charge in [-0.15, -0.1) is 0 Å². The normalized spacial score (nSPS) is 12.5. The van der Waals surface area contributed by atoms with Crippen LogP contribution in [0.2, 0.25) is 0 Å². The predicted molar refractivity (Wildman–Crippen MR) is 109 cm³/mol. The number of nitrogens with one attached hydrogen (secondary N) is 1. The Morgan fingerprint density at radius 1 is 1.19 bits per heavy atom. The van der Waals surface area contributed by atoms with Gasteiger partial charge < -0.3 is 9.47 Å². The van der Waals surface area contributed by atoms with E-state index in [-0.39, 0.29) is 12.6 Å². The summed E-state index contributed by atoms with van der Waals surface area (Å²) in [5, 5.41) is 6.09. The molecule has 0 aliphatic rings. The Hall–Kier alpha value is -2.41. The minimum atomic E-state index is -0.471. The van der Waals surface area contributed by atoms with Gasteiger partial charge in [-0.05, 0) is 53.0 Å². The van der Waals surface area contributed by atoms with E-state index in [1.807, 2.05) is 43.3 Å². The monoisotopic (exact) mass is 434 g/mol. The van der Waals surface area contributed by atoms with Crippen molar-refractivity contribution in [2.45, 2.75) is 27.2 Å². The summed E-state index contributed by atoms with van der Waals surface area (Å²) < 4.78 is 11.4. The second-order valence-corrected chi connectivity index (χ2v) is 6.68. The lowest BCUT2D eigenvalue weighted by molar-refractivity contribution is -0.145. The second-order valence-electron chi connectivity index (χ2n) is 5.89. The van der Waals surface area contributed by atoms with Gasteiger partial charge in [0, 0.05) is 5.71 Å². The number of nitrogens with zero attached hydrogens (tertiary/aromatic N) is 1. The highest BCUT2D eigenvalue weighted by molar-refractivity contribution is 9.10. The number of amides is 1. The number of rotatable bonds is 8. The fourth-order valence-electron chi connectivity index (χ4n) is 2.60. The van der Waals surface area contributed by atoms with Crippen LogP contribution in [-0.2, 0) is 14.3 Å². The molecule has 2 aromatic carbocycles. The van der Waals surface area contributed by atoms with Crippen LogP contribution in [0.5, 0.6) is 5.75 Å². The third kappa shape index (κ3) is 5.53. The molecule has 0 bridgehead atoms. The van der Waals surface area contributed by atoms with Gasteiger partial charge >= 0.3 is 5.97 Å². The molecule has 0 radical (unpaired) electrons. The molecule has 0 spiro atoms. The minimum Gasteiger partial charge on any atom is -0.483 e. The third-order valence-electron chi connectivity index (χ3n) is 4.03. The summed E-state index contributed by atoms with van der Waals surface area (Å²) in [5.74, 6) is -0.650. The van der Waals surface area contributed by atoms with Crippen molar-refractivity contribution in [3.8, 4) is 5.75 Å². The first-order valence-corrected chi connectivity index (χ1v) is 9.56.